The van der Waals surface area contributed by atoms with E-state index in [2.05, 4.69) is 80.4 Å². The molecule has 4 unspecified atom stereocenters. The third-order valence-electron chi connectivity index (χ3n) is 12.1. The van der Waals surface area contributed by atoms with Crippen LogP contribution in [0.4, 0.5) is 0 Å². The second-order valence-electron chi connectivity index (χ2n) is 18.8. The largest absolute Gasteiger partial charge is 0.329 e. The van der Waals surface area contributed by atoms with Crippen LogP contribution >= 0.6 is 0 Å². The van der Waals surface area contributed by atoms with Gasteiger partial charge in [-0.1, -0.05) is 141 Å². The van der Waals surface area contributed by atoms with E-state index in [1.54, 1.807) is 0 Å². The average Bonchev–Trinajstić information content (AvgIpc) is 3.08. The summed E-state index contributed by atoms with van der Waals surface area (Å²) in [6.45, 7) is 9.37. The van der Waals surface area contributed by atoms with Gasteiger partial charge in [-0.25, -0.2) is 19.6 Å². The van der Waals surface area contributed by atoms with Gasteiger partial charge in [0.15, 0.2) is 0 Å². The van der Waals surface area contributed by atoms with E-state index < -0.39 is 0 Å². The zero-order chi connectivity index (χ0) is 38.0. The molecule has 1 spiro atoms. The molecule has 0 aromatic carbocycles. The highest BCUT2D eigenvalue weighted by atomic mass is 17.2. The van der Waals surface area contributed by atoms with Crippen LogP contribution in [0.15, 0.2) is 24.3 Å². The molecule has 1 saturated carbocycles. The first-order valence-electron chi connectivity index (χ1n) is 22.5. The lowest BCUT2D eigenvalue weighted by atomic mass is 9.53. The Hall–Kier alpha value is -0.760. The number of nitrogens with zero attached hydrogens (tertiary/aromatic N) is 2. The van der Waals surface area contributed by atoms with Gasteiger partial charge in [0, 0.05) is 0 Å². The van der Waals surface area contributed by atoms with Crippen LogP contribution < -0.4 is 0 Å². The van der Waals surface area contributed by atoms with Gasteiger partial charge >= 0.3 is 0 Å². The fourth-order valence-electron chi connectivity index (χ4n) is 8.71. The molecule has 0 bridgehead atoms. The van der Waals surface area contributed by atoms with Crippen molar-refractivity contribution in [3.05, 3.63) is 24.3 Å². The first-order chi connectivity index (χ1) is 25.0. The van der Waals surface area contributed by atoms with E-state index in [0.717, 1.165) is 41.0 Å². The van der Waals surface area contributed by atoms with E-state index in [4.69, 9.17) is 19.6 Å². The van der Waals surface area contributed by atoms with Crippen molar-refractivity contribution in [1.82, 2.24) is 0 Å². The number of allylic oxidation sites excluding steroid dienone is 4. The molecule has 0 radical (unpaired) electrons. The molecular weight excluding hydrogens is 645 g/mol. The van der Waals surface area contributed by atoms with Gasteiger partial charge in [-0.15, -0.1) is 0 Å². The summed E-state index contributed by atoms with van der Waals surface area (Å²) in [5, 5.41) is 0. The summed E-state index contributed by atoms with van der Waals surface area (Å²) in [7, 11) is 13.2. The normalized spacial score (nSPS) is 24.5. The maximum Gasteiger partial charge on any atom is 0.131 e. The fraction of sp³-hybridized carbons (Fsp3) is 0.913. The van der Waals surface area contributed by atoms with Crippen LogP contribution in [0.2, 0.25) is 0 Å². The summed E-state index contributed by atoms with van der Waals surface area (Å²) in [5.74, 6) is 2.55. The van der Waals surface area contributed by atoms with E-state index in [-0.39, 0.29) is 5.41 Å². The van der Waals surface area contributed by atoms with Crippen molar-refractivity contribution in [2.75, 3.05) is 81.8 Å². The topological polar surface area (TPSA) is 36.9 Å². The molecule has 0 aromatic rings. The van der Waals surface area contributed by atoms with Crippen LogP contribution in [0, 0.1) is 29.1 Å². The lowest BCUT2D eigenvalue weighted by Crippen LogP contribution is -2.46. The Bertz CT molecular complexity index is 909. The molecule has 52 heavy (non-hydrogen) atoms. The fourth-order valence-corrected chi connectivity index (χ4v) is 8.71. The number of unbranched alkanes of at least 4 members (excludes halogenated alkanes) is 12. The van der Waals surface area contributed by atoms with Crippen molar-refractivity contribution >= 4 is 0 Å². The molecule has 2 rings (SSSR count). The molecule has 2 aliphatic rings. The highest BCUT2D eigenvalue weighted by Gasteiger charge is 2.49. The summed E-state index contributed by atoms with van der Waals surface area (Å²) < 4.78 is 1.80. The van der Waals surface area contributed by atoms with Crippen molar-refractivity contribution in [1.29, 1.82) is 0 Å². The molecule has 5 atom stereocenters. The smallest absolute Gasteiger partial charge is 0.131 e. The van der Waals surface area contributed by atoms with Gasteiger partial charge in [0.2, 0.25) is 0 Å². The third kappa shape index (κ3) is 20.8. The number of rotatable bonds is 30. The summed E-state index contributed by atoms with van der Waals surface area (Å²) in [6.07, 6.45) is 41.2. The van der Waals surface area contributed by atoms with Gasteiger partial charge in [-0.2, -0.15) is 0 Å². The van der Waals surface area contributed by atoms with Crippen LogP contribution in [0.1, 0.15) is 162 Å². The van der Waals surface area contributed by atoms with E-state index >= 15 is 0 Å². The number of quaternary nitrogens is 2. The maximum atomic E-state index is 6.16. The van der Waals surface area contributed by atoms with Gasteiger partial charge < -0.3 is 8.97 Å². The second kappa shape index (κ2) is 27.8. The molecule has 1 fully saturated rings. The Labute approximate surface area is 324 Å². The number of hydrogen-bond acceptors (Lipinski definition) is 4. The Morgan fingerprint density at radius 2 is 1.19 bits per heavy atom. The highest BCUT2D eigenvalue weighted by Crippen LogP contribution is 2.55. The molecule has 6 nitrogen and oxygen atoms in total. The third-order valence-corrected chi connectivity index (χ3v) is 12.1. The highest BCUT2D eigenvalue weighted by molar-refractivity contribution is 5.19. The summed E-state index contributed by atoms with van der Waals surface area (Å²) in [4.78, 5) is 22.8. The minimum atomic E-state index is 0.174. The van der Waals surface area contributed by atoms with Crippen molar-refractivity contribution in [3.8, 4) is 0 Å². The van der Waals surface area contributed by atoms with E-state index in [1.807, 2.05) is 0 Å². The molecule has 0 saturated heterocycles. The monoisotopic (exact) mass is 735 g/mol. The number of hydrogen-bond donors (Lipinski definition) is 0. The van der Waals surface area contributed by atoms with E-state index in [9.17, 15) is 0 Å². The molecular formula is C46H90N2O4+2. The van der Waals surface area contributed by atoms with Crippen LogP contribution in [0.5, 0.6) is 0 Å². The lowest BCUT2D eigenvalue weighted by molar-refractivity contribution is -0.871. The molecule has 6 heteroatoms. The molecule has 0 aliphatic heterocycles. The Morgan fingerprint density at radius 1 is 0.615 bits per heavy atom. The lowest BCUT2D eigenvalue weighted by Gasteiger charge is -2.52. The van der Waals surface area contributed by atoms with E-state index in [0.29, 0.717) is 37.6 Å². The quantitative estimate of drug-likeness (QED) is 0.0242. The Kier molecular flexibility index (Phi) is 25.3. The zero-order valence-electron chi connectivity index (χ0n) is 36.2. The molecule has 2 aliphatic carbocycles. The predicted molar refractivity (Wildman–Crippen MR) is 222 cm³/mol. The Morgan fingerprint density at radius 3 is 1.87 bits per heavy atom. The summed E-state index contributed by atoms with van der Waals surface area (Å²) in [6, 6.07) is 0. The second-order valence-corrected chi connectivity index (χ2v) is 18.8. The standard InChI is InChI=1S/C46H90N2O4/c1-9-11-13-23-29-42-33-35-46(34-27-21-20-24-30-43(46)41-52-51-40-37-48(6,7)8)45(44(42)31-25-14-12-10-2)32-26-19-17-15-16-18-22-28-38-49-50-39-36-47(3,4)5/h26,32-33,35,42-45H,9-25,27-31,34,36-41H2,1-8H3/q+2/b32-26-/t42?,43?,44?,45?,46-/m1/s1. The maximum absolute atomic E-state index is 6.16. The molecule has 306 valence electrons. The molecule has 0 amide bonds. The minimum absolute atomic E-state index is 0.174. The molecule has 0 aromatic heterocycles. The van der Waals surface area contributed by atoms with Crippen molar-refractivity contribution < 1.29 is 28.5 Å². The first kappa shape index (κ1) is 47.4. The van der Waals surface area contributed by atoms with Crippen LogP contribution in [0.25, 0.3) is 0 Å². The zero-order valence-corrected chi connectivity index (χ0v) is 36.2. The average molecular weight is 735 g/mol. The summed E-state index contributed by atoms with van der Waals surface area (Å²) >= 11 is 0. The molecule has 0 heterocycles. The number of likely N-dealkylation sites (N-methyl/N-ethyl adjacent to an activating group) is 2. The van der Waals surface area contributed by atoms with Gasteiger partial charge in [0.25, 0.3) is 0 Å². The van der Waals surface area contributed by atoms with Crippen LogP contribution in [-0.4, -0.2) is 90.8 Å². The van der Waals surface area contributed by atoms with Gasteiger partial charge in [-0.3, -0.25) is 0 Å². The predicted octanol–water partition coefficient (Wildman–Crippen LogP) is 11.9. The van der Waals surface area contributed by atoms with Crippen LogP contribution in [-0.2, 0) is 19.6 Å². The first-order valence-corrected chi connectivity index (χ1v) is 22.5. The SMILES string of the molecule is CCCCCCC1C=C[C@@]2(CCCCCCC2COOCC[N+](C)(C)C)C(/C=C\CCCCCCCCOOCC[N+](C)(C)C)C1CCCCCC. The molecule has 0 N–H and O–H groups in total. The Balaban J connectivity index is 2.10. The van der Waals surface area contributed by atoms with Crippen molar-refractivity contribution in [2.45, 2.75) is 162 Å². The van der Waals surface area contributed by atoms with Crippen molar-refractivity contribution in [3.63, 3.8) is 0 Å². The van der Waals surface area contributed by atoms with Gasteiger partial charge in [-0.05, 0) is 74.0 Å². The van der Waals surface area contributed by atoms with Crippen molar-refractivity contribution in [2.24, 2.45) is 29.1 Å². The van der Waals surface area contributed by atoms with Gasteiger partial charge in [0.05, 0.1) is 55.5 Å². The van der Waals surface area contributed by atoms with Gasteiger partial charge in [0.1, 0.15) is 26.3 Å². The van der Waals surface area contributed by atoms with Crippen LogP contribution in [0.3, 0.4) is 0 Å². The summed E-state index contributed by atoms with van der Waals surface area (Å²) in [5.41, 5.74) is 0.174. The minimum Gasteiger partial charge on any atom is -0.329 e. The van der Waals surface area contributed by atoms with E-state index in [1.165, 1.54) is 141 Å².